The zero-order valence-corrected chi connectivity index (χ0v) is 47.3. The number of aliphatic hydroxyl groups is 2. The summed E-state index contributed by atoms with van der Waals surface area (Å²) in [5.74, 6) is -3.29. The molecule has 75 heavy (non-hydrogen) atoms. The van der Waals surface area contributed by atoms with Crippen molar-refractivity contribution in [2.45, 2.75) is 289 Å². The molecule has 0 saturated carbocycles. The predicted molar refractivity (Wildman–Crippen MR) is 303 cm³/mol. The number of esters is 3. The summed E-state index contributed by atoms with van der Waals surface area (Å²) >= 11 is 0. The van der Waals surface area contributed by atoms with Crippen LogP contribution in [0.4, 0.5) is 0 Å². The van der Waals surface area contributed by atoms with E-state index in [-0.39, 0.29) is 25.9 Å². The highest BCUT2D eigenvalue weighted by atomic mass is 16.7. The van der Waals surface area contributed by atoms with Crippen molar-refractivity contribution in [3.63, 3.8) is 0 Å². The number of aliphatic carboxylic acids is 1. The van der Waals surface area contributed by atoms with Gasteiger partial charge < -0.3 is 39.0 Å². The van der Waals surface area contributed by atoms with Gasteiger partial charge in [0, 0.05) is 12.8 Å². The van der Waals surface area contributed by atoms with Gasteiger partial charge in [0.1, 0.15) is 18.8 Å². The molecule has 0 spiro atoms. The second-order valence-corrected chi connectivity index (χ2v) is 20.3. The molecule has 0 aromatic carbocycles. The van der Waals surface area contributed by atoms with Crippen molar-refractivity contribution in [3.8, 4) is 0 Å². The number of carboxylic acid groups (broad SMARTS) is 1. The van der Waals surface area contributed by atoms with Crippen LogP contribution in [0.1, 0.15) is 252 Å². The summed E-state index contributed by atoms with van der Waals surface area (Å²) in [6.45, 7) is 5.79. The molecule has 6 unspecified atom stereocenters. The Kier molecular flexibility index (Phi) is 47.0. The Labute approximate surface area is 455 Å². The van der Waals surface area contributed by atoms with Crippen molar-refractivity contribution in [1.29, 1.82) is 0 Å². The third kappa shape index (κ3) is 41.0. The van der Waals surface area contributed by atoms with Crippen LogP contribution in [-0.4, -0.2) is 89.2 Å². The van der Waals surface area contributed by atoms with Gasteiger partial charge in [0.05, 0.1) is 13.0 Å². The average Bonchev–Trinajstić information content (AvgIpc) is 3.39. The van der Waals surface area contributed by atoms with Gasteiger partial charge >= 0.3 is 23.9 Å². The lowest BCUT2D eigenvalue weighted by molar-refractivity contribution is -0.301. The van der Waals surface area contributed by atoms with Crippen LogP contribution < -0.4 is 0 Å². The van der Waals surface area contributed by atoms with E-state index in [1.54, 1.807) is 6.08 Å². The summed E-state index contributed by atoms with van der Waals surface area (Å²) in [5.41, 5.74) is 0. The molecule has 1 saturated heterocycles. The molecule has 1 aliphatic rings. The van der Waals surface area contributed by atoms with E-state index in [0.717, 1.165) is 83.5 Å². The third-order valence-corrected chi connectivity index (χ3v) is 13.3. The Bertz CT molecular complexity index is 1580. The molecular formula is C63H106O12. The molecule has 0 aromatic rings. The fourth-order valence-electron chi connectivity index (χ4n) is 8.73. The average molecular weight is 1060 g/mol. The molecular weight excluding hydrogens is 949 g/mol. The van der Waals surface area contributed by atoms with Crippen LogP contribution in [-0.2, 0) is 42.9 Å². The van der Waals surface area contributed by atoms with Gasteiger partial charge in [0.15, 0.2) is 24.6 Å². The molecule has 1 heterocycles. The highest BCUT2D eigenvalue weighted by Gasteiger charge is 2.50. The summed E-state index contributed by atoms with van der Waals surface area (Å²) in [7, 11) is 0. The topological polar surface area (TPSA) is 175 Å². The van der Waals surface area contributed by atoms with Crippen molar-refractivity contribution >= 4 is 23.9 Å². The Hall–Kier alpha value is -3.84. The van der Waals surface area contributed by atoms with Crippen LogP contribution in [0.2, 0.25) is 0 Å². The highest BCUT2D eigenvalue weighted by Crippen LogP contribution is 2.26. The predicted octanol–water partition coefficient (Wildman–Crippen LogP) is 15.3. The number of unbranched alkanes of at least 4 members (excludes halogenated alkanes) is 25. The van der Waals surface area contributed by atoms with E-state index in [1.807, 2.05) is 12.2 Å². The molecule has 6 atom stereocenters. The number of carbonyl (C=O) groups excluding carboxylic acids is 3. The second kappa shape index (κ2) is 50.9. The SMILES string of the molecule is CC/C=C\C/C=C\C/C=C\C/C=C\C/C=C\CC(=O)OC(COC(=O)CCCCCCCCCCCCCCCCCCC)COC1OC(C(=O)O)C(O)C(O)C1OC(=O)CCCCCCC/C=C\CCCCCC. The lowest BCUT2D eigenvalue weighted by Gasteiger charge is -2.40. The summed E-state index contributed by atoms with van der Waals surface area (Å²) in [6, 6.07) is 0. The maximum Gasteiger partial charge on any atom is 0.335 e. The van der Waals surface area contributed by atoms with E-state index in [0.29, 0.717) is 19.3 Å². The van der Waals surface area contributed by atoms with E-state index in [1.165, 1.54) is 109 Å². The number of hydrogen-bond acceptors (Lipinski definition) is 11. The standard InChI is InChI=1S/C63H106O12/c1-4-7-10-13-16-19-22-25-27-28-30-32-34-37-40-43-46-49-55(64)71-52-54(73-56(65)50-47-44-41-38-36-33-29-26-23-20-17-14-11-8-5-2)53-72-63-61(59(68)58(67)60(75-63)62(69)70)74-57(66)51-48-45-42-39-35-31-24-21-18-15-12-9-6-3/h8,11,17,20-21,24,26,29,36,38,44,47,54,58-61,63,67-68H,4-7,9-10,12-16,18-19,22-23,25,27-28,30-35,37,39-43,45-46,48-53H2,1-3H3,(H,69,70)/b11-8-,20-17-,24-21-,29-26-,38-36-,47-44-. The van der Waals surface area contributed by atoms with E-state index < -0.39 is 67.3 Å². The molecule has 0 aliphatic carbocycles. The van der Waals surface area contributed by atoms with Crippen molar-refractivity contribution < 1.29 is 58.2 Å². The molecule has 430 valence electrons. The molecule has 0 bridgehead atoms. The molecule has 12 nitrogen and oxygen atoms in total. The fraction of sp³-hybridized carbons (Fsp3) is 0.746. The first-order valence-corrected chi connectivity index (χ1v) is 29.9. The summed E-state index contributed by atoms with van der Waals surface area (Å²) < 4.78 is 28.3. The van der Waals surface area contributed by atoms with Crippen LogP contribution >= 0.6 is 0 Å². The number of ether oxygens (including phenoxy) is 5. The van der Waals surface area contributed by atoms with Gasteiger partial charge in [-0.2, -0.15) is 0 Å². The van der Waals surface area contributed by atoms with E-state index >= 15 is 0 Å². The smallest absolute Gasteiger partial charge is 0.335 e. The Morgan fingerprint density at radius 3 is 1.35 bits per heavy atom. The van der Waals surface area contributed by atoms with Crippen LogP contribution in [0.3, 0.4) is 0 Å². The Balaban J connectivity index is 2.73. The first-order chi connectivity index (χ1) is 36.6. The van der Waals surface area contributed by atoms with Gasteiger partial charge in [-0.1, -0.05) is 235 Å². The van der Waals surface area contributed by atoms with Gasteiger partial charge in [0.25, 0.3) is 0 Å². The zero-order chi connectivity index (χ0) is 54.7. The van der Waals surface area contributed by atoms with Gasteiger partial charge in [-0.25, -0.2) is 4.79 Å². The number of aliphatic hydroxyl groups excluding tert-OH is 2. The fourth-order valence-corrected chi connectivity index (χ4v) is 8.73. The Morgan fingerprint density at radius 1 is 0.467 bits per heavy atom. The number of rotatable bonds is 50. The van der Waals surface area contributed by atoms with Crippen molar-refractivity contribution in [2.24, 2.45) is 0 Å². The minimum Gasteiger partial charge on any atom is -0.479 e. The zero-order valence-electron chi connectivity index (χ0n) is 47.3. The maximum absolute atomic E-state index is 13.1. The first-order valence-electron chi connectivity index (χ1n) is 29.9. The quantitative estimate of drug-likeness (QED) is 0.0228. The van der Waals surface area contributed by atoms with E-state index in [2.05, 4.69) is 75.5 Å². The normalized spacial score (nSPS) is 18.7. The minimum atomic E-state index is -1.92. The van der Waals surface area contributed by atoms with Crippen molar-refractivity contribution in [2.75, 3.05) is 13.2 Å². The lowest BCUT2D eigenvalue weighted by Crippen LogP contribution is -2.61. The second-order valence-electron chi connectivity index (χ2n) is 20.3. The van der Waals surface area contributed by atoms with Gasteiger partial charge in [0.2, 0.25) is 0 Å². The highest BCUT2D eigenvalue weighted by molar-refractivity contribution is 5.74. The third-order valence-electron chi connectivity index (χ3n) is 13.3. The molecule has 12 heteroatoms. The number of carboxylic acids is 1. The summed E-state index contributed by atoms with van der Waals surface area (Å²) in [6.07, 6.45) is 51.9. The Morgan fingerprint density at radius 2 is 0.880 bits per heavy atom. The number of carbonyl (C=O) groups is 4. The van der Waals surface area contributed by atoms with Crippen LogP contribution in [0.25, 0.3) is 0 Å². The summed E-state index contributed by atoms with van der Waals surface area (Å²) in [4.78, 5) is 51.0. The maximum atomic E-state index is 13.1. The van der Waals surface area contributed by atoms with Crippen LogP contribution in [0.15, 0.2) is 72.9 Å². The largest absolute Gasteiger partial charge is 0.479 e. The molecule has 1 aliphatic heterocycles. The molecule has 1 rings (SSSR count). The number of hydrogen-bond donors (Lipinski definition) is 3. The molecule has 0 radical (unpaired) electrons. The van der Waals surface area contributed by atoms with Gasteiger partial charge in [-0.3, -0.25) is 14.4 Å². The van der Waals surface area contributed by atoms with Crippen molar-refractivity contribution in [1.82, 2.24) is 0 Å². The monoisotopic (exact) mass is 1050 g/mol. The number of allylic oxidation sites excluding steroid dienone is 11. The van der Waals surface area contributed by atoms with Crippen molar-refractivity contribution in [3.05, 3.63) is 72.9 Å². The molecule has 3 N–H and O–H groups in total. The van der Waals surface area contributed by atoms with Gasteiger partial charge in [-0.15, -0.1) is 0 Å². The van der Waals surface area contributed by atoms with Gasteiger partial charge in [-0.05, 0) is 70.6 Å². The van der Waals surface area contributed by atoms with E-state index in [9.17, 15) is 34.5 Å². The summed E-state index contributed by atoms with van der Waals surface area (Å²) in [5, 5.41) is 31.4. The van der Waals surface area contributed by atoms with E-state index in [4.69, 9.17) is 23.7 Å². The van der Waals surface area contributed by atoms with Crippen LogP contribution in [0, 0.1) is 0 Å². The first kappa shape index (κ1) is 69.2. The van der Waals surface area contributed by atoms with Crippen LogP contribution in [0.5, 0.6) is 0 Å². The lowest BCUT2D eigenvalue weighted by atomic mass is 9.98. The molecule has 1 fully saturated rings. The molecule has 0 amide bonds. The minimum absolute atomic E-state index is 0.0392. The molecule has 0 aromatic heterocycles.